The lowest BCUT2D eigenvalue weighted by molar-refractivity contribution is -0.132. The van der Waals surface area contributed by atoms with Crippen LogP contribution in [0, 0.1) is 12.7 Å². The molecule has 1 atom stereocenters. The monoisotopic (exact) mass is 444 g/mol. The van der Waals surface area contributed by atoms with E-state index in [2.05, 4.69) is 4.98 Å². The van der Waals surface area contributed by atoms with E-state index in [1.54, 1.807) is 12.1 Å². The highest BCUT2D eigenvalue weighted by Crippen LogP contribution is 2.44. The number of aliphatic hydroxyl groups excluding tert-OH is 1. The first-order valence-electron chi connectivity index (χ1n) is 9.93. The van der Waals surface area contributed by atoms with Crippen LogP contribution in [0.5, 0.6) is 0 Å². The van der Waals surface area contributed by atoms with Gasteiger partial charge < -0.3 is 5.11 Å². The van der Waals surface area contributed by atoms with Gasteiger partial charge >= 0.3 is 5.91 Å². The van der Waals surface area contributed by atoms with Crippen LogP contribution in [0.4, 0.5) is 9.52 Å². The number of carbonyl (C=O) groups excluding carboxylic acids is 2. The number of carbonyl (C=O) groups is 2. The van der Waals surface area contributed by atoms with E-state index < -0.39 is 23.5 Å². The molecule has 0 radical (unpaired) electrons. The van der Waals surface area contributed by atoms with E-state index in [1.165, 1.54) is 40.5 Å². The number of thiazole rings is 1. The van der Waals surface area contributed by atoms with Crippen molar-refractivity contribution in [2.75, 3.05) is 4.90 Å². The number of hydrogen-bond acceptors (Lipinski definition) is 5. The summed E-state index contributed by atoms with van der Waals surface area (Å²) in [6.07, 6.45) is 0. The fourth-order valence-electron chi connectivity index (χ4n) is 3.82. The van der Waals surface area contributed by atoms with Crippen molar-refractivity contribution in [2.24, 2.45) is 0 Å². The molecule has 158 valence electrons. The predicted octanol–water partition coefficient (Wildman–Crippen LogP) is 5.37. The van der Waals surface area contributed by atoms with Gasteiger partial charge in [0.05, 0.1) is 21.8 Å². The van der Waals surface area contributed by atoms with Crippen LogP contribution in [-0.2, 0) is 9.59 Å². The Bertz CT molecular complexity index is 1360. The molecular formula is C25H17FN2O3S. The summed E-state index contributed by atoms with van der Waals surface area (Å²) in [6, 6.07) is 19.0. The van der Waals surface area contributed by atoms with E-state index in [1.807, 2.05) is 43.3 Å². The van der Waals surface area contributed by atoms with Crippen molar-refractivity contribution in [1.29, 1.82) is 0 Å². The average Bonchev–Trinajstić information content (AvgIpc) is 3.33. The van der Waals surface area contributed by atoms with Gasteiger partial charge in [0, 0.05) is 5.56 Å². The molecule has 1 amide bonds. The molecule has 5 rings (SSSR count). The first-order chi connectivity index (χ1) is 15.4. The molecule has 32 heavy (non-hydrogen) atoms. The largest absolute Gasteiger partial charge is 0.507 e. The number of anilines is 1. The Morgan fingerprint density at radius 2 is 1.69 bits per heavy atom. The SMILES string of the molecule is Cc1ccc(/C(O)=C2/C(=O)C(=O)N(c3nc4ccccc4s3)C2c2ccc(F)cc2)cc1. The van der Waals surface area contributed by atoms with Crippen LogP contribution in [0.15, 0.2) is 78.4 Å². The summed E-state index contributed by atoms with van der Waals surface area (Å²) in [5.74, 6) is -2.31. The molecule has 1 aromatic heterocycles. The minimum atomic E-state index is -0.933. The van der Waals surface area contributed by atoms with Gasteiger partial charge in [-0.3, -0.25) is 14.5 Å². The van der Waals surface area contributed by atoms with Crippen LogP contribution in [0.3, 0.4) is 0 Å². The Morgan fingerprint density at radius 1 is 1.00 bits per heavy atom. The molecular weight excluding hydrogens is 427 g/mol. The number of fused-ring (bicyclic) bond motifs is 1. The summed E-state index contributed by atoms with van der Waals surface area (Å²) >= 11 is 1.28. The van der Waals surface area contributed by atoms with Gasteiger partial charge in [-0.05, 0) is 36.8 Å². The van der Waals surface area contributed by atoms with Gasteiger partial charge in [-0.1, -0.05) is 65.4 Å². The lowest BCUT2D eigenvalue weighted by Crippen LogP contribution is -2.29. The van der Waals surface area contributed by atoms with Crippen LogP contribution in [0.2, 0.25) is 0 Å². The molecule has 4 aromatic rings. The summed E-state index contributed by atoms with van der Waals surface area (Å²) in [4.78, 5) is 32.1. The molecule has 1 unspecified atom stereocenters. The fraction of sp³-hybridized carbons (Fsp3) is 0.0800. The van der Waals surface area contributed by atoms with E-state index in [4.69, 9.17) is 0 Å². The third kappa shape index (κ3) is 3.27. The molecule has 1 aliphatic rings. The molecule has 3 aromatic carbocycles. The summed E-state index contributed by atoms with van der Waals surface area (Å²) in [5, 5.41) is 11.4. The van der Waals surface area contributed by atoms with Gasteiger partial charge in [0.25, 0.3) is 5.78 Å². The Kier molecular flexibility index (Phi) is 4.83. The van der Waals surface area contributed by atoms with Crippen LogP contribution >= 0.6 is 11.3 Å². The smallest absolute Gasteiger partial charge is 0.301 e. The third-order valence-corrected chi connectivity index (χ3v) is 6.48. The highest BCUT2D eigenvalue weighted by Gasteiger charge is 2.48. The summed E-state index contributed by atoms with van der Waals surface area (Å²) in [7, 11) is 0. The van der Waals surface area contributed by atoms with Crippen molar-refractivity contribution in [2.45, 2.75) is 13.0 Å². The maximum atomic E-state index is 13.6. The van der Waals surface area contributed by atoms with Gasteiger partial charge in [-0.15, -0.1) is 0 Å². The second kappa shape index (κ2) is 7.69. The zero-order valence-electron chi connectivity index (χ0n) is 16.9. The summed E-state index contributed by atoms with van der Waals surface area (Å²) < 4.78 is 14.5. The Labute approximate surface area is 187 Å². The van der Waals surface area contributed by atoms with Gasteiger partial charge in [-0.2, -0.15) is 0 Å². The zero-order valence-corrected chi connectivity index (χ0v) is 17.8. The van der Waals surface area contributed by atoms with E-state index in [9.17, 15) is 19.1 Å². The number of nitrogens with zero attached hydrogens (tertiary/aromatic N) is 2. The molecule has 5 nitrogen and oxygen atoms in total. The van der Waals surface area contributed by atoms with Gasteiger partial charge in [-0.25, -0.2) is 9.37 Å². The maximum absolute atomic E-state index is 13.6. The van der Waals surface area contributed by atoms with Gasteiger partial charge in [0.15, 0.2) is 5.13 Å². The molecule has 0 bridgehead atoms. The number of amides is 1. The van der Waals surface area contributed by atoms with E-state index in [0.29, 0.717) is 21.8 Å². The molecule has 1 aliphatic heterocycles. The molecule has 2 heterocycles. The van der Waals surface area contributed by atoms with E-state index in [0.717, 1.165) is 10.3 Å². The number of aryl methyl sites for hydroxylation is 1. The Morgan fingerprint density at radius 3 is 2.38 bits per heavy atom. The zero-order chi connectivity index (χ0) is 22.4. The maximum Gasteiger partial charge on any atom is 0.301 e. The highest BCUT2D eigenvalue weighted by molar-refractivity contribution is 7.22. The van der Waals surface area contributed by atoms with Crippen molar-refractivity contribution >= 4 is 44.1 Å². The molecule has 1 N–H and O–H groups in total. The second-order valence-corrected chi connectivity index (χ2v) is 8.56. The molecule has 1 fully saturated rings. The fourth-order valence-corrected chi connectivity index (χ4v) is 4.81. The van der Waals surface area contributed by atoms with Crippen LogP contribution < -0.4 is 4.90 Å². The predicted molar refractivity (Wildman–Crippen MR) is 122 cm³/mol. The Balaban J connectivity index is 1.73. The lowest BCUT2D eigenvalue weighted by atomic mass is 9.95. The number of aliphatic hydroxyl groups is 1. The van der Waals surface area contributed by atoms with E-state index in [-0.39, 0.29) is 11.3 Å². The molecule has 1 saturated heterocycles. The highest BCUT2D eigenvalue weighted by atomic mass is 32.1. The number of hydrogen-bond donors (Lipinski definition) is 1. The normalized spacial score (nSPS) is 17.9. The van der Waals surface area contributed by atoms with Gasteiger partial charge in [0.2, 0.25) is 0 Å². The van der Waals surface area contributed by atoms with Crippen molar-refractivity contribution in [3.63, 3.8) is 0 Å². The van der Waals surface area contributed by atoms with E-state index >= 15 is 0 Å². The molecule has 0 aliphatic carbocycles. The number of halogens is 1. The second-order valence-electron chi connectivity index (χ2n) is 7.55. The first-order valence-corrected chi connectivity index (χ1v) is 10.7. The third-order valence-electron chi connectivity index (χ3n) is 5.44. The van der Waals surface area contributed by atoms with Crippen LogP contribution in [0.1, 0.15) is 22.7 Å². The van der Waals surface area contributed by atoms with Crippen molar-refractivity contribution in [3.8, 4) is 0 Å². The quantitative estimate of drug-likeness (QED) is 0.262. The minimum Gasteiger partial charge on any atom is -0.507 e. The lowest BCUT2D eigenvalue weighted by Gasteiger charge is -2.23. The van der Waals surface area contributed by atoms with Crippen molar-refractivity contribution < 1.29 is 19.1 Å². The minimum absolute atomic E-state index is 0.0512. The number of benzene rings is 3. The van der Waals surface area contributed by atoms with Gasteiger partial charge in [0.1, 0.15) is 11.6 Å². The Hall–Kier alpha value is -3.84. The average molecular weight is 444 g/mol. The van der Waals surface area contributed by atoms with Crippen molar-refractivity contribution in [3.05, 3.63) is 101 Å². The number of ketones is 1. The molecule has 0 saturated carbocycles. The first kappa shape index (κ1) is 20.1. The number of Topliss-reactive ketones (excluding diaryl/α,β-unsaturated/α-hetero) is 1. The number of para-hydroxylation sites is 1. The van der Waals surface area contributed by atoms with Crippen LogP contribution in [-0.4, -0.2) is 21.8 Å². The molecule has 0 spiro atoms. The van der Waals surface area contributed by atoms with Crippen LogP contribution in [0.25, 0.3) is 16.0 Å². The summed E-state index contributed by atoms with van der Waals surface area (Å²) in [5.41, 5.74) is 2.56. The number of rotatable bonds is 3. The standard InChI is InChI=1S/C25H17FN2O3S/c1-14-6-8-16(9-7-14)22(29)20-21(15-10-12-17(26)13-11-15)28(24(31)23(20)30)25-27-18-4-2-3-5-19(18)32-25/h2-13,21,29H,1H3/b22-20-. The molecule has 7 heteroatoms. The topological polar surface area (TPSA) is 70.5 Å². The summed E-state index contributed by atoms with van der Waals surface area (Å²) in [6.45, 7) is 1.91. The number of aromatic nitrogens is 1. The van der Waals surface area contributed by atoms with Crippen molar-refractivity contribution in [1.82, 2.24) is 4.98 Å².